The zero-order valence-electron chi connectivity index (χ0n) is 14.4. The number of carbonyl (C=O) groups excluding carboxylic acids is 1. The number of hydrogen-bond acceptors (Lipinski definition) is 6. The maximum atomic E-state index is 13.8. The first kappa shape index (κ1) is 20.4. The van der Waals surface area contributed by atoms with Gasteiger partial charge in [-0.25, -0.2) is 12.8 Å². The highest BCUT2D eigenvalue weighted by molar-refractivity contribution is 7.98. The Kier molecular flexibility index (Phi) is 7.18. The van der Waals surface area contributed by atoms with E-state index in [1.807, 2.05) is 6.26 Å². The van der Waals surface area contributed by atoms with Crippen molar-refractivity contribution in [3.8, 4) is 0 Å². The normalized spacial score (nSPS) is 12.7. The molecule has 142 valence electrons. The number of amides is 1. The van der Waals surface area contributed by atoms with Crippen LogP contribution in [-0.4, -0.2) is 37.5 Å². The molecule has 1 heterocycles. The summed E-state index contributed by atoms with van der Waals surface area (Å²) in [5.41, 5.74) is 0.674. The number of nitrogens with zero attached hydrogens (tertiary/aromatic N) is 1. The lowest BCUT2D eigenvalue weighted by Gasteiger charge is -2.18. The van der Waals surface area contributed by atoms with Gasteiger partial charge in [-0.2, -0.15) is 16.5 Å². The van der Waals surface area contributed by atoms with Crippen LogP contribution in [0.2, 0.25) is 0 Å². The Bertz CT molecular complexity index is 855. The molecule has 0 radical (unpaired) electrons. The largest absolute Gasteiger partial charge is 0.359 e. The van der Waals surface area contributed by atoms with Gasteiger partial charge in [-0.1, -0.05) is 17.3 Å². The molecule has 0 aliphatic carbocycles. The second-order valence-corrected chi connectivity index (χ2v) is 8.21. The zero-order valence-corrected chi connectivity index (χ0v) is 16.0. The molecule has 0 saturated carbocycles. The number of thioether (sulfide) groups is 1. The molecule has 10 heteroatoms. The maximum absolute atomic E-state index is 13.8. The first-order valence-corrected chi connectivity index (χ1v) is 10.7. The molecule has 1 aromatic carbocycles. The van der Waals surface area contributed by atoms with Crippen LogP contribution in [0, 0.1) is 12.7 Å². The van der Waals surface area contributed by atoms with Gasteiger partial charge >= 0.3 is 0 Å². The molecule has 1 amide bonds. The predicted octanol–water partition coefficient (Wildman–Crippen LogP) is 1.84. The monoisotopic (exact) mass is 401 g/mol. The van der Waals surface area contributed by atoms with Crippen molar-refractivity contribution in [1.82, 2.24) is 15.2 Å². The van der Waals surface area contributed by atoms with Gasteiger partial charge in [0, 0.05) is 6.07 Å². The second-order valence-electron chi connectivity index (χ2n) is 5.54. The van der Waals surface area contributed by atoms with Crippen molar-refractivity contribution < 1.29 is 22.1 Å². The molecule has 0 fully saturated rings. The smallest absolute Gasteiger partial charge is 0.244 e. The highest BCUT2D eigenvalue weighted by Crippen LogP contribution is 2.15. The summed E-state index contributed by atoms with van der Waals surface area (Å²) in [4.78, 5) is 11.9. The van der Waals surface area contributed by atoms with Crippen molar-refractivity contribution in [1.29, 1.82) is 0 Å². The summed E-state index contributed by atoms with van der Waals surface area (Å²) < 4.78 is 46.0. The van der Waals surface area contributed by atoms with Gasteiger partial charge in [-0.05, 0) is 37.5 Å². The molecule has 26 heavy (non-hydrogen) atoms. The molecule has 1 unspecified atom stereocenters. The van der Waals surface area contributed by atoms with Crippen molar-refractivity contribution in [2.24, 2.45) is 0 Å². The molecule has 7 nitrogen and oxygen atoms in total. The summed E-state index contributed by atoms with van der Waals surface area (Å²) in [5.74, 6) is -0.384. The van der Waals surface area contributed by atoms with E-state index in [4.69, 9.17) is 4.52 Å². The molecular weight excluding hydrogens is 381 g/mol. The lowest BCUT2D eigenvalue weighted by Crippen LogP contribution is -2.46. The van der Waals surface area contributed by atoms with E-state index in [0.717, 1.165) is 12.1 Å². The van der Waals surface area contributed by atoms with Gasteiger partial charge in [0.1, 0.15) is 16.8 Å². The van der Waals surface area contributed by atoms with Crippen molar-refractivity contribution in [3.05, 3.63) is 47.6 Å². The Morgan fingerprint density at radius 3 is 2.73 bits per heavy atom. The molecule has 2 rings (SSSR count). The number of hydrogen-bond donors (Lipinski definition) is 2. The predicted molar refractivity (Wildman–Crippen MR) is 96.6 cm³/mol. The number of rotatable bonds is 9. The van der Waals surface area contributed by atoms with Crippen LogP contribution in [0.3, 0.4) is 0 Å². The Morgan fingerprint density at radius 1 is 1.38 bits per heavy atom. The zero-order chi connectivity index (χ0) is 19.2. The topological polar surface area (TPSA) is 101 Å². The van der Waals surface area contributed by atoms with Crippen molar-refractivity contribution in [2.45, 2.75) is 30.8 Å². The van der Waals surface area contributed by atoms with Gasteiger partial charge in [-0.3, -0.25) is 4.79 Å². The van der Waals surface area contributed by atoms with Gasteiger partial charge in [0.25, 0.3) is 0 Å². The summed E-state index contributed by atoms with van der Waals surface area (Å²) >= 11 is 1.47. The summed E-state index contributed by atoms with van der Waals surface area (Å²) in [7, 11) is -4.18. The Balaban J connectivity index is 2.10. The first-order chi connectivity index (χ1) is 12.3. The molecule has 1 atom stereocenters. The van der Waals surface area contributed by atoms with Crippen LogP contribution < -0.4 is 10.0 Å². The average Bonchev–Trinajstić information content (AvgIpc) is 3.02. The maximum Gasteiger partial charge on any atom is 0.244 e. The summed E-state index contributed by atoms with van der Waals surface area (Å²) in [6.07, 6.45) is 2.10. The number of halogens is 1. The summed E-state index contributed by atoms with van der Waals surface area (Å²) in [5, 5.41) is 6.32. The van der Waals surface area contributed by atoms with Gasteiger partial charge < -0.3 is 9.84 Å². The highest BCUT2D eigenvalue weighted by Gasteiger charge is 2.27. The standard InChI is InChI=1S/C16H20FN3O4S2/c1-11-9-12(24-19-11)10-18-16(21)14(7-8-25-2)20-26(22,23)15-6-4-3-5-13(15)17/h3-6,9,14,20H,7-8,10H2,1-2H3,(H,18,21). The van der Waals surface area contributed by atoms with Crippen LogP contribution in [0.4, 0.5) is 4.39 Å². The van der Waals surface area contributed by atoms with Crippen LogP contribution in [0.15, 0.2) is 39.8 Å². The Labute approximate surface area is 155 Å². The van der Waals surface area contributed by atoms with Gasteiger partial charge in [0.2, 0.25) is 15.9 Å². The summed E-state index contributed by atoms with van der Waals surface area (Å²) in [6.45, 7) is 1.83. The van der Waals surface area contributed by atoms with Crippen molar-refractivity contribution >= 4 is 27.7 Å². The van der Waals surface area contributed by atoms with E-state index < -0.39 is 32.7 Å². The van der Waals surface area contributed by atoms with E-state index >= 15 is 0 Å². The SMILES string of the molecule is CSCCC(NS(=O)(=O)c1ccccc1F)C(=O)NCc1cc(C)no1. The van der Waals surface area contributed by atoms with Gasteiger partial charge in [0.05, 0.1) is 12.2 Å². The molecule has 0 spiro atoms. The minimum Gasteiger partial charge on any atom is -0.359 e. The van der Waals surface area contributed by atoms with E-state index in [0.29, 0.717) is 17.2 Å². The highest BCUT2D eigenvalue weighted by atomic mass is 32.2. The molecule has 0 aliphatic heterocycles. The molecule has 1 aromatic heterocycles. The lowest BCUT2D eigenvalue weighted by molar-refractivity contribution is -0.123. The fourth-order valence-corrected chi connectivity index (χ4v) is 3.97. The molecule has 2 N–H and O–H groups in total. The molecule has 0 bridgehead atoms. The summed E-state index contributed by atoms with van der Waals surface area (Å²) in [6, 6.07) is 5.65. The van der Waals surface area contributed by atoms with Crippen molar-refractivity contribution in [2.75, 3.05) is 12.0 Å². The van der Waals surface area contributed by atoms with Crippen LogP contribution >= 0.6 is 11.8 Å². The third kappa shape index (κ3) is 5.55. The Hall–Kier alpha value is -1.91. The minimum atomic E-state index is -4.18. The molecule has 0 aliphatic rings. The second kappa shape index (κ2) is 9.15. The van der Waals surface area contributed by atoms with Crippen molar-refractivity contribution in [3.63, 3.8) is 0 Å². The number of benzene rings is 1. The Morgan fingerprint density at radius 2 is 2.12 bits per heavy atom. The molecule has 2 aromatic rings. The molecule has 0 saturated heterocycles. The van der Waals surface area contributed by atoms with E-state index in [1.165, 1.54) is 23.9 Å². The van der Waals surface area contributed by atoms with E-state index in [2.05, 4.69) is 15.2 Å². The fourth-order valence-electron chi connectivity index (χ4n) is 2.19. The van der Waals surface area contributed by atoms with Crippen LogP contribution in [0.1, 0.15) is 17.9 Å². The van der Waals surface area contributed by atoms with Gasteiger partial charge in [0.15, 0.2) is 5.76 Å². The number of carbonyl (C=O) groups is 1. The fraction of sp³-hybridized carbons (Fsp3) is 0.375. The number of sulfonamides is 1. The lowest BCUT2D eigenvalue weighted by atomic mass is 10.2. The van der Waals surface area contributed by atoms with E-state index in [9.17, 15) is 17.6 Å². The average molecular weight is 401 g/mol. The number of aryl methyl sites for hydroxylation is 1. The van der Waals surface area contributed by atoms with Crippen LogP contribution in [0.5, 0.6) is 0 Å². The minimum absolute atomic E-state index is 0.0802. The molecular formula is C16H20FN3O4S2. The van der Waals surface area contributed by atoms with Crippen LogP contribution in [0.25, 0.3) is 0 Å². The van der Waals surface area contributed by atoms with E-state index in [-0.39, 0.29) is 13.0 Å². The quantitative estimate of drug-likeness (QED) is 0.665. The van der Waals surface area contributed by atoms with E-state index in [1.54, 1.807) is 13.0 Å². The first-order valence-electron chi connectivity index (χ1n) is 7.79. The number of nitrogens with one attached hydrogen (secondary N) is 2. The third-order valence-corrected chi connectivity index (χ3v) is 5.61. The third-order valence-electron chi connectivity index (χ3n) is 3.46. The van der Waals surface area contributed by atoms with Crippen LogP contribution in [-0.2, 0) is 21.4 Å². The van der Waals surface area contributed by atoms with Gasteiger partial charge in [-0.15, -0.1) is 0 Å². The number of aromatic nitrogens is 1.